The normalized spacial score (nSPS) is 14.2. The van der Waals surface area contributed by atoms with Gasteiger partial charge in [-0.15, -0.1) is 0 Å². The van der Waals surface area contributed by atoms with Crippen LogP contribution in [0.5, 0.6) is 11.5 Å². The van der Waals surface area contributed by atoms with Gasteiger partial charge in [0, 0.05) is 11.6 Å². The Morgan fingerprint density at radius 1 is 1.12 bits per heavy atom. The molecule has 0 bridgehead atoms. The Bertz CT molecular complexity index is 1170. The van der Waals surface area contributed by atoms with E-state index >= 15 is 0 Å². The highest BCUT2D eigenvalue weighted by atomic mass is 16.5. The molecule has 4 rings (SSSR count). The third-order valence-corrected chi connectivity index (χ3v) is 5.72. The number of rotatable bonds is 6. The molecule has 2 aromatic carbocycles. The zero-order chi connectivity index (χ0) is 22.5. The van der Waals surface area contributed by atoms with Crippen LogP contribution in [0.2, 0.25) is 0 Å². The summed E-state index contributed by atoms with van der Waals surface area (Å²) in [4.78, 5) is 31.3. The van der Waals surface area contributed by atoms with Gasteiger partial charge in [-0.2, -0.15) is 4.98 Å². The molecule has 0 radical (unpaired) electrons. The minimum Gasteiger partial charge on any atom is -0.508 e. The van der Waals surface area contributed by atoms with Crippen LogP contribution in [-0.4, -0.2) is 33.6 Å². The molecule has 1 amide bonds. The van der Waals surface area contributed by atoms with Gasteiger partial charge in [-0.3, -0.25) is 4.79 Å². The van der Waals surface area contributed by atoms with Crippen molar-refractivity contribution in [3.8, 4) is 34.0 Å². The first-order chi connectivity index (χ1) is 15.5. The number of H-pyrrole nitrogens is 1. The fraction of sp³-hybridized carbons (Fsp3) is 0.320. The molecule has 166 valence electrons. The summed E-state index contributed by atoms with van der Waals surface area (Å²) in [5.41, 5.74) is 2.81. The smallest absolute Gasteiger partial charge is 0.345 e. The first-order valence-corrected chi connectivity index (χ1v) is 10.9. The lowest BCUT2D eigenvalue weighted by Gasteiger charge is -2.22. The number of hydrogen-bond acceptors (Lipinski definition) is 5. The van der Waals surface area contributed by atoms with Crippen molar-refractivity contribution in [3.05, 3.63) is 64.6 Å². The van der Waals surface area contributed by atoms with Crippen molar-refractivity contribution in [1.29, 1.82) is 0 Å². The maximum atomic E-state index is 12.2. The van der Waals surface area contributed by atoms with Crippen LogP contribution in [0.4, 0.5) is 0 Å². The Kier molecular flexibility index (Phi) is 6.54. The number of phenols is 1. The van der Waals surface area contributed by atoms with Crippen LogP contribution in [0.1, 0.15) is 37.7 Å². The van der Waals surface area contributed by atoms with Gasteiger partial charge in [-0.25, -0.2) is 4.79 Å². The van der Waals surface area contributed by atoms with Crippen molar-refractivity contribution >= 4 is 5.91 Å². The second kappa shape index (κ2) is 9.68. The lowest BCUT2D eigenvalue weighted by Crippen LogP contribution is -2.38. The molecule has 3 N–H and O–H groups in total. The average Bonchev–Trinajstić information content (AvgIpc) is 2.80. The molecule has 3 aromatic rings. The van der Waals surface area contributed by atoms with Crippen LogP contribution in [0.3, 0.4) is 0 Å². The van der Waals surface area contributed by atoms with Gasteiger partial charge in [0.1, 0.15) is 11.5 Å². The van der Waals surface area contributed by atoms with Gasteiger partial charge < -0.3 is 20.1 Å². The first kappa shape index (κ1) is 21.6. The number of aromatic nitrogens is 2. The number of carbonyl (C=O) groups excluding carboxylic acids is 1. The van der Waals surface area contributed by atoms with E-state index in [1.54, 1.807) is 49.4 Å². The molecule has 0 saturated heterocycles. The molecule has 1 aromatic heterocycles. The summed E-state index contributed by atoms with van der Waals surface area (Å²) in [5.74, 6) is 0.606. The molecule has 0 atom stereocenters. The molecule has 1 aliphatic rings. The number of phenolic OH excluding ortho intramolecular Hbond substituents is 1. The van der Waals surface area contributed by atoms with E-state index in [1.807, 2.05) is 6.07 Å². The van der Waals surface area contributed by atoms with Gasteiger partial charge in [0.15, 0.2) is 6.61 Å². The summed E-state index contributed by atoms with van der Waals surface area (Å²) in [6.45, 7) is 1.74. The summed E-state index contributed by atoms with van der Waals surface area (Å²) < 4.78 is 5.69. The summed E-state index contributed by atoms with van der Waals surface area (Å²) in [6.07, 6.45) is 5.60. The SMILES string of the molecule is Cc1cc(-c2cc(-c3cccc(OCC(=O)NC4CCCCC4)c3)nc(=O)[nH]2)ccc1O. The van der Waals surface area contributed by atoms with Crippen molar-refractivity contribution in [3.63, 3.8) is 0 Å². The summed E-state index contributed by atoms with van der Waals surface area (Å²) in [6, 6.07) is 14.3. The molecule has 7 nitrogen and oxygen atoms in total. The summed E-state index contributed by atoms with van der Waals surface area (Å²) >= 11 is 0. The number of nitrogens with zero attached hydrogens (tertiary/aromatic N) is 1. The largest absolute Gasteiger partial charge is 0.508 e. The molecule has 0 spiro atoms. The lowest BCUT2D eigenvalue weighted by atomic mass is 9.95. The molecule has 1 saturated carbocycles. The zero-order valence-corrected chi connectivity index (χ0v) is 18.1. The van der Waals surface area contributed by atoms with Gasteiger partial charge in [-0.1, -0.05) is 31.4 Å². The number of aromatic amines is 1. The number of ether oxygens (including phenoxy) is 1. The highest BCUT2D eigenvalue weighted by Crippen LogP contribution is 2.27. The fourth-order valence-corrected chi connectivity index (χ4v) is 3.99. The van der Waals surface area contributed by atoms with Crippen LogP contribution < -0.4 is 15.7 Å². The van der Waals surface area contributed by atoms with E-state index in [9.17, 15) is 14.7 Å². The average molecular weight is 434 g/mol. The van der Waals surface area contributed by atoms with Crippen LogP contribution in [0, 0.1) is 6.92 Å². The topological polar surface area (TPSA) is 104 Å². The van der Waals surface area contributed by atoms with E-state index in [2.05, 4.69) is 15.3 Å². The molecule has 32 heavy (non-hydrogen) atoms. The van der Waals surface area contributed by atoms with E-state index in [4.69, 9.17) is 4.74 Å². The van der Waals surface area contributed by atoms with Gasteiger partial charge in [-0.05, 0) is 67.3 Å². The highest BCUT2D eigenvalue weighted by Gasteiger charge is 2.16. The fourth-order valence-electron chi connectivity index (χ4n) is 3.99. The quantitative estimate of drug-likeness (QED) is 0.546. The third kappa shape index (κ3) is 5.35. The van der Waals surface area contributed by atoms with Gasteiger partial charge in [0.2, 0.25) is 0 Å². The van der Waals surface area contributed by atoms with Crippen molar-refractivity contribution in [2.75, 3.05) is 6.61 Å². The summed E-state index contributed by atoms with van der Waals surface area (Å²) in [5, 5.41) is 12.8. The Labute approximate surface area is 186 Å². The number of nitrogens with one attached hydrogen (secondary N) is 2. The van der Waals surface area contributed by atoms with Crippen LogP contribution in [0.25, 0.3) is 22.5 Å². The van der Waals surface area contributed by atoms with Crippen molar-refractivity contribution in [2.24, 2.45) is 0 Å². The maximum absolute atomic E-state index is 12.2. The third-order valence-electron chi connectivity index (χ3n) is 5.72. The monoisotopic (exact) mass is 433 g/mol. The lowest BCUT2D eigenvalue weighted by molar-refractivity contribution is -0.124. The molecule has 1 fully saturated rings. The minimum absolute atomic E-state index is 0.0548. The minimum atomic E-state index is -0.471. The van der Waals surface area contributed by atoms with Crippen molar-refractivity contribution in [1.82, 2.24) is 15.3 Å². The van der Waals surface area contributed by atoms with Crippen LogP contribution in [0.15, 0.2) is 53.3 Å². The number of hydrogen-bond donors (Lipinski definition) is 3. The van der Waals surface area contributed by atoms with E-state index in [-0.39, 0.29) is 24.3 Å². The zero-order valence-electron chi connectivity index (χ0n) is 18.1. The molecule has 7 heteroatoms. The number of aromatic hydroxyl groups is 1. The Morgan fingerprint density at radius 3 is 2.72 bits per heavy atom. The second-order valence-corrected chi connectivity index (χ2v) is 8.21. The molecule has 1 aliphatic carbocycles. The molecule has 0 aliphatic heterocycles. The molecular weight excluding hydrogens is 406 g/mol. The predicted molar refractivity (Wildman–Crippen MR) is 123 cm³/mol. The number of aryl methyl sites for hydroxylation is 1. The van der Waals surface area contributed by atoms with Crippen molar-refractivity contribution in [2.45, 2.75) is 45.1 Å². The Hall–Kier alpha value is -3.61. The van der Waals surface area contributed by atoms with E-state index in [0.717, 1.165) is 31.2 Å². The number of amides is 1. The Balaban J connectivity index is 1.49. The van der Waals surface area contributed by atoms with Crippen LogP contribution in [-0.2, 0) is 4.79 Å². The highest BCUT2D eigenvalue weighted by molar-refractivity contribution is 5.78. The van der Waals surface area contributed by atoms with E-state index < -0.39 is 5.69 Å². The van der Waals surface area contributed by atoms with Gasteiger partial charge in [0.05, 0.1) is 11.4 Å². The van der Waals surface area contributed by atoms with Crippen molar-refractivity contribution < 1.29 is 14.6 Å². The van der Waals surface area contributed by atoms with E-state index in [1.165, 1.54) is 6.42 Å². The number of carbonyl (C=O) groups is 1. The van der Waals surface area contributed by atoms with Gasteiger partial charge >= 0.3 is 5.69 Å². The predicted octanol–water partition coefficient (Wildman–Crippen LogP) is 3.95. The molecule has 1 heterocycles. The first-order valence-electron chi connectivity index (χ1n) is 10.9. The molecule has 0 unspecified atom stereocenters. The Morgan fingerprint density at radius 2 is 1.94 bits per heavy atom. The van der Waals surface area contributed by atoms with Crippen LogP contribution >= 0.6 is 0 Å². The number of benzene rings is 2. The second-order valence-electron chi connectivity index (χ2n) is 8.21. The van der Waals surface area contributed by atoms with Gasteiger partial charge in [0.25, 0.3) is 5.91 Å². The molecular formula is C25H27N3O4. The maximum Gasteiger partial charge on any atom is 0.345 e. The van der Waals surface area contributed by atoms with E-state index in [0.29, 0.717) is 28.3 Å². The standard InChI is InChI=1S/C25H27N3O4/c1-16-12-18(10-11-23(16)29)22-14-21(27-25(31)28-22)17-6-5-9-20(13-17)32-15-24(30)26-19-7-3-2-4-8-19/h5-6,9-14,19,29H,2-4,7-8,15H2,1H3,(H,26,30)(H,27,28,31). The summed E-state index contributed by atoms with van der Waals surface area (Å²) in [7, 11) is 0.